The van der Waals surface area contributed by atoms with E-state index >= 15 is 0 Å². The molecule has 2 heterocycles. The highest BCUT2D eigenvalue weighted by Gasteiger charge is 2.41. The van der Waals surface area contributed by atoms with Crippen molar-refractivity contribution >= 4 is 37.6 Å². The second kappa shape index (κ2) is 5.00. The standard InChI is InChI=1S/C12H14BrClN2O2S/c13-10-1-2-12(11(14)3-10)19(17,18)16-6-8-4-15-5-9(8)7-16/h1-3,8-9,15H,4-7H2. The summed E-state index contributed by atoms with van der Waals surface area (Å²) in [7, 11) is -3.48. The number of benzene rings is 1. The van der Waals surface area contributed by atoms with Gasteiger partial charge in [-0.2, -0.15) is 4.31 Å². The summed E-state index contributed by atoms with van der Waals surface area (Å²) in [6.45, 7) is 2.99. The number of hydrogen-bond donors (Lipinski definition) is 1. The smallest absolute Gasteiger partial charge is 0.244 e. The molecule has 19 heavy (non-hydrogen) atoms. The molecule has 1 aromatic carbocycles. The van der Waals surface area contributed by atoms with Crippen LogP contribution in [0.5, 0.6) is 0 Å². The van der Waals surface area contributed by atoms with Crippen LogP contribution < -0.4 is 5.32 Å². The van der Waals surface area contributed by atoms with Gasteiger partial charge in [-0.3, -0.25) is 0 Å². The quantitative estimate of drug-likeness (QED) is 0.871. The number of sulfonamides is 1. The molecule has 1 N–H and O–H groups in total. The Kier molecular flexibility index (Phi) is 3.64. The zero-order valence-electron chi connectivity index (χ0n) is 10.1. The highest BCUT2D eigenvalue weighted by atomic mass is 79.9. The molecule has 2 saturated heterocycles. The number of halogens is 2. The second-order valence-corrected chi connectivity index (χ2v) is 8.30. The average Bonchev–Trinajstić information content (AvgIpc) is 2.87. The fourth-order valence-electron chi connectivity index (χ4n) is 2.83. The minimum Gasteiger partial charge on any atom is -0.316 e. The Morgan fingerprint density at radius 2 is 1.89 bits per heavy atom. The van der Waals surface area contributed by atoms with Crippen LogP contribution in [-0.4, -0.2) is 38.9 Å². The molecule has 7 heteroatoms. The number of fused-ring (bicyclic) bond motifs is 1. The summed E-state index contributed by atoms with van der Waals surface area (Å²) in [5, 5.41) is 3.57. The van der Waals surface area contributed by atoms with Crippen LogP contribution in [0.1, 0.15) is 0 Å². The van der Waals surface area contributed by atoms with E-state index in [1.807, 2.05) is 0 Å². The van der Waals surface area contributed by atoms with Crippen LogP contribution in [0, 0.1) is 11.8 Å². The lowest BCUT2D eigenvalue weighted by Gasteiger charge is -2.18. The van der Waals surface area contributed by atoms with Gasteiger partial charge >= 0.3 is 0 Å². The third-order valence-corrected chi connectivity index (χ3v) is 6.68. The Bertz CT molecular complexity index is 596. The summed E-state index contributed by atoms with van der Waals surface area (Å²) < 4.78 is 27.6. The molecule has 3 rings (SSSR count). The molecule has 0 bridgehead atoms. The van der Waals surface area contributed by atoms with Crippen molar-refractivity contribution in [2.45, 2.75) is 4.90 Å². The van der Waals surface area contributed by atoms with Gasteiger partial charge in [0.05, 0.1) is 5.02 Å². The molecular weight excluding hydrogens is 352 g/mol. The summed E-state index contributed by atoms with van der Waals surface area (Å²) in [4.78, 5) is 0.199. The van der Waals surface area contributed by atoms with Gasteiger partial charge in [-0.05, 0) is 43.1 Å². The highest BCUT2D eigenvalue weighted by molar-refractivity contribution is 9.10. The first-order chi connectivity index (χ1) is 8.98. The molecular formula is C12H14BrClN2O2S. The van der Waals surface area contributed by atoms with Crippen molar-refractivity contribution in [3.05, 3.63) is 27.7 Å². The van der Waals surface area contributed by atoms with Crippen molar-refractivity contribution in [1.29, 1.82) is 0 Å². The molecule has 4 nitrogen and oxygen atoms in total. The number of nitrogens with zero attached hydrogens (tertiary/aromatic N) is 1. The normalized spacial score (nSPS) is 27.7. The minimum atomic E-state index is -3.48. The predicted octanol–water partition coefficient (Wildman–Crippen LogP) is 1.94. The SMILES string of the molecule is O=S(=O)(c1ccc(Br)cc1Cl)N1CC2CNCC2C1. The fraction of sp³-hybridized carbons (Fsp3) is 0.500. The maximum Gasteiger partial charge on any atom is 0.244 e. The first-order valence-corrected chi connectivity index (χ1v) is 8.75. The van der Waals surface area contributed by atoms with E-state index in [4.69, 9.17) is 11.6 Å². The van der Waals surface area contributed by atoms with E-state index in [9.17, 15) is 8.42 Å². The van der Waals surface area contributed by atoms with Gasteiger partial charge in [0.2, 0.25) is 10.0 Å². The molecule has 2 aliphatic heterocycles. The topological polar surface area (TPSA) is 49.4 Å². The van der Waals surface area contributed by atoms with E-state index in [0.29, 0.717) is 24.9 Å². The molecule has 0 spiro atoms. The van der Waals surface area contributed by atoms with E-state index in [1.165, 1.54) is 0 Å². The van der Waals surface area contributed by atoms with Gasteiger partial charge in [-0.1, -0.05) is 27.5 Å². The zero-order chi connectivity index (χ0) is 13.6. The first kappa shape index (κ1) is 13.8. The minimum absolute atomic E-state index is 0.199. The predicted molar refractivity (Wildman–Crippen MR) is 77.8 cm³/mol. The highest BCUT2D eigenvalue weighted by Crippen LogP contribution is 2.33. The monoisotopic (exact) mass is 364 g/mol. The zero-order valence-corrected chi connectivity index (χ0v) is 13.3. The van der Waals surface area contributed by atoms with E-state index in [1.54, 1.807) is 22.5 Å². The molecule has 0 saturated carbocycles. The van der Waals surface area contributed by atoms with Crippen molar-refractivity contribution in [2.75, 3.05) is 26.2 Å². The maximum absolute atomic E-state index is 12.6. The molecule has 2 aliphatic rings. The number of nitrogens with one attached hydrogen (secondary N) is 1. The van der Waals surface area contributed by atoms with Gasteiger partial charge in [0.25, 0.3) is 0 Å². The third-order valence-electron chi connectivity index (χ3n) is 3.87. The molecule has 0 radical (unpaired) electrons. The van der Waals surface area contributed by atoms with Gasteiger partial charge in [0, 0.05) is 17.6 Å². The lowest BCUT2D eigenvalue weighted by Crippen LogP contribution is -2.32. The van der Waals surface area contributed by atoms with Crippen molar-refractivity contribution in [3.8, 4) is 0 Å². The van der Waals surface area contributed by atoms with Crippen LogP contribution in [-0.2, 0) is 10.0 Å². The Morgan fingerprint density at radius 3 is 2.47 bits per heavy atom. The first-order valence-electron chi connectivity index (χ1n) is 6.14. The summed E-state index contributed by atoms with van der Waals surface area (Å²) in [5.41, 5.74) is 0. The van der Waals surface area contributed by atoms with Crippen molar-refractivity contribution < 1.29 is 8.42 Å². The largest absolute Gasteiger partial charge is 0.316 e. The molecule has 104 valence electrons. The van der Waals surface area contributed by atoms with Crippen LogP contribution in [0.4, 0.5) is 0 Å². The Morgan fingerprint density at radius 1 is 1.26 bits per heavy atom. The number of hydrogen-bond acceptors (Lipinski definition) is 3. The summed E-state index contributed by atoms with van der Waals surface area (Å²) in [6, 6.07) is 4.89. The van der Waals surface area contributed by atoms with Crippen LogP contribution >= 0.6 is 27.5 Å². The van der Waals surface area contributed by atoms with Crippen LogP contribution in [0.25, 0.3) is 0 Å². The maximum atomic E-state index is 12.6. The Hall–Kier alpha value is -0.140. The van der Waals surface area contributed by atoms with Gasteiger partial charge in [-0.15, -0.1) is 0 Å². The van der Waals surface area contributed by atoms with E-state index in [2.05, 4.69) is 21.2 Å². The van der Waals surface area contributed by atoms with Crippen molar-refractivity contribution in [1.82, 2.24) is 9.62 Å². The lowest BCUT2D eigenvalue weighted by atomic mass is 10.0. The molecule has 2 unspecified atom stereocenters. The summed E-state index contributed by atoms with van der Waals surface area (Å²) in [6.07, 6.45) is 0. The molecule has 2 atom stereocenters. The number of rotatable bonds is 2. The van der Waals surface area contributed by atoms with Crippen molar-refractivity contribution in [2.24, 2.45) is 11.8 Å². The second-order valence-electron chi connectivity index (χ2n) is 5.08. The molecule has 0 amide bonds. The van der Waals surface area contributed by atoms with E-state index < -0.39 is 10.0 Å². The summed E-state index contributed by atoms with van der Waals surface area (Å²) in [5.74, 6) is 0.869. The van der Waals surface area contributed by atoms with Crippen LogP contribution in [0.2, 0.25) is 5.02 Å². The average molecular weight is 366 g/mol. The molecule has 0 aliphatic carbocycles. The fourth-order valence-corrected chi connectivity index (χ4v) is 5.40. The van der Waals surface area contributed by atoms with Gasteiger partial charge < -0.3 is 5.32 Å². The van der Waals surface area contributed by atoms with E-state index in [-0.39, 0.29) is 9.92 Å². The summed E-state index contributed by atoms with van der Waals surface area (Å²) >= 11 is 9.35. The lowest BCUT2D eigenvalue weighted by molar-refractivity contribution is 0.448. The van der Waals surface area contributed by atoms with E-state index in [0.717, 1.165) is 17.6 Å². The molecule has 0 aromatic heterocycles. The van der Waals surface area contributed by atoms with Gasteiger partial charge in [0.1, 0.15) is 4.90 Å². The third kappa shape index (κ3) is 2.45. The van der Waals surface area contributed by atoms with Crippen LogP contribution in [0.15, 0.2) is 27.6 Å². The Balaban J connectivity index is 1.91. The van der Waals surface area contributed by atoms with Gasteiger partial charge in [-0.25, -0.2) is 8.42 Å². The Labute approximate surface area is 126 Å². The molecule has 1 aromatic rings. The van der Waals surface area contributed by atoms with Crippen LogP contribution in [0.3, 0.4) is 0 Å². The molecule has 2 fully saturated rings. The van der Waals surface area contributed by atoms with Gasteiger partial charge in [0.15, 0.2) is 0 Å². The van der Waals surface area contributed by atoms with Crippen molar-refractivity contribution in [3.63, 3.8) is 0 Å².